The van der Waals surface area contributed by atoms with E-state index in [1.165, 1.54) is 4.90 Å². The summed E-state index contributed by atoms with van der Waals surface area (Å²) in [4.78, 5) is 15.5. The minimum atomic E-state index is -1.44. The summed E-state index contributed by atoms with van der Waals surface area (Å²) in [5, 5.41) is 0. The van der Waals surface area contributed by atoms with Crippen LogP contribution in [0.4, 0.5) is 13.2 Å². The highest BCUT2D eigenvalue weighted by Gasteiger charge is 2.27. The SMILES string of the molecule is C#CCCN1CCN(C(=O)c2c(F)ccc(F)c2F)CC1. The number of amides is 1. The first-order valence-electron chi connectivity index (χ1n) is 6.63. The number of hydrogen-bond donors (Lipinski definition) is 0. The van der Waals surface area contributed by atoms with Crippen molar-refractivity contribution >= 4 is 5.91 Å². The van der Waals surface area contributed by atoms with Crippen molar-refractivity contribution in [1.29, 1.82) is 0 Å². The van der Waals surface area contributed by atoms with Crippen molar-refractivity contribution in [3.8, 4) is 12.3 Å². The Morgan fingerprint density at radius 3 is 2.38 bits per heavy atom. The van der Waals surface area contributed by atoms with Crippen LogP contribution < -0.4 is 0 Å². The lowest BCUT2D eigenvalue weighted by Crippen LogP contribution is -2.49. The molecule has 2 rings (SSSR count). The highest BCUT2D eigenvalue weighted by molar-refractivity contribution is 5.94. The fourth-order valence-corrected chi connectivity index (χ4v) is 2.28. The molecule has 0 radical (unpaired) electrons. The molecule has 1 aliphatic rings. The zero-order valence-electron chi connectivity index (χ0n) is 11.4. The van der Waals surface area contributed by atoms with E-state index in [1.807, 2.05) is 0 Å². The van der Waals surface area contributed by atoms with Crippen molar-refractivity contribution in [3.05, 3.63) is 35.1 Å². The molecule has 3 nitrogen and oxygen atoms in total. The molecule has 6 heteroatoms. The molecule has 0 spiro atoms. The fraction of sp³-hybridized carbons (Fsp3) is 0.400. The van der Waals surface area contributed by atoms with E-state index < -0.39 is 28.9 Å². The van der Waals surface area contributed by atoms with E-state index in [0.717, 1.165) is 12.6 Å². The topological polar surface area (TPSA) is 23.6 Å². The molecule has 1 heterocycles. The number of nitrogens with zero attached hydrogens (tertiary/aromatic N) is 2. The fourth-order valence-electron chi connectivity index (χ4n) is 2.28. The molecule has 0 aliphatic carbocycles. The maximum absolute atomic E-state index is 13.6. The first-order chi connectivity index (χ1) is 10.0. The van der Waals surface area contributed by atoms with Crippen molar-refractivity contribution in [2.75, 3.05) is 32.7 Å². The van der Waals surface area contributed by atoms with Gasteiger partial charge in [0.2, 0.25) is 0 Å². The smallest absolute Gasteiger partial charge is 0.260 e. The molecule has 1 aromatic rings. The minimum absolute atomic E-state index is 0.332. The Bertz CT molecular complexity index is 575. The van der Waals surface area contributed by atoms with Crippen molar-refractivity contribution in [1.82, 2.24) is 9.80 Å². The molecular weight excluding hydrogens is 281 g/mol. The summed E-state index contributed by atoms with van der Waals surface area (Å²) in [6.07, 6.45) is 5.80. The van der Waals surface area contributed by atoms with E-state index in [2.05, 4.69) is 10.8 Å². The number of rotatable bonds is 3. The Morgan fingerprint density at radius 2 is 1.76 bits per heavy atom. The third kappa shape index (κ3) is 3.37. The number of halogens is 3. The lowest BCUT2D eigenvalue weighted by molar-refractivity contribution is 0.0629. The summed E-state index contributed by atoms with van der Waals surface area (Å²) in [5.74, 6) is -2.00. The Labute approximate surface area is 121 Å². The summed E-state index contributed by atoms with van der Waals surface area (Å²) in [7, 11) is 0. The van der Waals surface area contributed by atoms with E-state index in [9.17, 15) is 18.0 Å². The number of piperazine rings is 1. The second-order valence-corrected chi connectivity index (χ2v) is 4.81. The quantitative estimate of drug-likeness (QED) is 0.628. The van der Waals surface area contributed by atoms with Crippen LogP contribution in [0.3, 0.4) is 0 Å². The lowest BCUT2D eigenvalue weighted by Gasteiger charge is -2.34. The number of carbonyl (C=O) groups excluding carboxylic acids is 1. The lowest BCUT2D eigenvalue weighted by atomic mass is 10.1. The maximum atomic E-state index is 13.6. The van der Waals surface area contributed by atoms with Gasteiger partial charge in [-0.2, -0.15) is 0 Å². The van der Waals surface area contributed by atoms with Crippen LogP contribution in [-0.4, -0.2) is 48.4 Å². The molecule has 0 aromatic heterocycles. The predicted molar refractivity (Wildman–Crippen MR) is 72.1 cm³/mol. The van der Waals surface area contributed by atoms with Gasteiger partial charge in [-0.3, -0.25) is 9.69 Å². The zero-order chi connectivity index (χ0) is 15.4. The molecule has 0 bridgehead atoms. The van der Waals surface area contributed by atoms with E-state index in [0.29, 0.717) is 38.7 Å². The van der Waals surface area contributed by atoms with Crippen LogP contribution >= 0.6 is 0 Å². The normalized spacial score (nSPS) is 15.8. The van der Waals surface area contributed by atoms with Crippen molar-refractivity contribution in [3.63, 3.8) is 0 Å². The highest BCUT2D eigenvalue weighted by atomic mass is 19.2. The van der Waals surface area contributed by atoms with Gasteiger partial charge in [-0.05, 0) is 12.1 Å². The van der Waals surface area contributed by atoms with Crippen LogP contribution in [0.15, 0.2) is 12.1 Å². The molecule has 21 heavy (non-hydrogen) atoms. The predicted octanol–water partition coefficient (Wildman–Crippen LogP) is 1.89. The Morgan fingerprint density at radius 1 is 1.14 bits per heavy atom. The van der Waals surface area contributed by atoms with Gasteiger partial charge in [0.1, 0.15) is 11.4 Å². The molecule has 0 N–H and O–H groups in total. The van der Waals surface area contributed by atoms with Crippen LogP contribution in [0.1, 0.15) is 16.8 Å². The first-order valence-corrected chi connectivity index (χ1v) is 6.63. The number of carbonyl (C=O) groups is 1. The third-order valence-electron chi connectivity index (χ3n) is 3.49. The van der Waals surface area contributed by atoms with E-state index >= 15 is 0 Å². The average molecular weight is 296 g/mol. The third-order valence-corrected chi connectivity index (χ3v) is 3.49. The number of benzene rings is 1. The Kier molecular flexibility index (Phi) is 4.86. The molecule has 1 aromatic carbocycles. The molecule has 0 saturated carbocycles. The molecule has 1 aliphatic heterocycles. The van der Waals surface area contributed by atoms with Gasteiger partial charge in [0.05, 0.1) is 0 Å². The number of hydrogen-bond acceptors (Lipinski definition) is 2. The summed E-state index contributed by atoms with van der Waals surface area (Å²) >= 11 is 0. The second-order valence-electron chi connectivity index (χ2n) is 4.81. The minimum Gasteiger partial charge on any atom is -0.336 e. The van der Waals surface area contributed by atoms with Crippen molar-refractivity contribution in [2.24, 2.45) is 0 Å². The van der Waals surface area contributed by atoms with Crippen LogP contribution in [0.25, 0.3) is 0 Å². The van der Waals surface area contributed by atoms with Gasteiger partial charge in [-0.15, -0.1) is 12.3 Å². The number of terminal acetylenes is 1. The van der Waals surface area contributed by atoms with Crippen LogP contribution in [0.5, 0.6) is 0 Å². The summed E-state index contributed by atoms with van der Waals surface area (Å²) < 4.78 is 40.4. The molecule has 112 valence electrons. The highest BCUT2D eigenvalue weighted by Crippen LogP contribution is 2.18. The molecule has 0 atom stereocenters. The van der Waals surface area contributed by atoms with Gasteiger partial charge < -0.3 is 4.90 Å². The molecule has 1 amide bonds. The molecule has 0 unspecified atom stereocenters. The summed E-state index contributed by atoms with van der Waals surface area (Å²) in [6.45, 7) is 2.54. The van der Waals surface area contributed by atoms with Crippen LogP contribution in [-0.2, 0) is 0 Å². The Balaban J connectivity index is 2.06. The van der Waals surface area contributed by atoms with Crippen LogP contribution in [0, 0.1) is 29.8 Å². The van der Waals surface area contributed by atoms with Crippen molar-refractivity contribution in [2.45, 2.75) is 6.42 Å². The van der Waals surface area contributed by atoms with E-state index in [1.54, 1.807) is 0 Å². The molecular formula is C15H15F3N2O. The Hall–Kier alpha value is -2.00. The van der Waals surface area contributed by atoms with Gasteiger partial charge in [0.15, 0.2) is 11.6 Å². The van der Waals surface area contributed by atoms with Gasteiger partial charge >= 0.3 is 0 Å². The largest absolute Gasteiger partial charge is 0.336 e. The second kappa shape index (κ2) is 6.64. The van der Waals surface area contributed by atoms with Gasteiger partial charge in [0.25, 0.3) is 5.91 Å². The first kappa shape index (κ1) is 15.4. The summed E-state index contributed by atoms with van der Waals surface area (Å²) in [5.41, 5.74) is -0.827. The average Bonchev–Trinajstić information content (AvgIpc) is 2.49. The monoisotopic (exact) mass is 296 g/mol. The van der Waals surface area contributed by atoms with Gasteiger partial charge in [-0.25, -0.2) is 13.2 Å². The van der Waals surface area contributed by atoms with Crippen molar-refractivity contribution < 1.29 is 18.0 Å². The molecule has 1 saturated heterocycles. The molecule has 1 fully saturated rings. The summed E-state index contributed by atoms with van der Waals surface area (Å²) in [6, 6.07) is 1.42. The van der Waals surface area contributed by atoms with E-state index in [4.69, 9.17) is 6.42 Å². The van der Waals surface area contributed by atoms with Gasteiger partial charge in [-0.1, -0.05) is 0 Å². The van der Waals surface area contributed by atoms with Crippen LogP contribution in [0.2, 0.25) is 0 Å². The van der Waals surface area contributed by atoms with Gasteiger partial charge in [0, 0.05) is 39.1 Å². The standard InChI is InChI=1S/C15H15F3N2O/c1-2-3-6-19-7-9-20(10-8-19)15(21)13-11(16)4-5-12(17)14(13)18/h1,4-5H,3,6-10H2. The maximum Gasteiger partial charge on any atom is 0.260 e. The van der Waals surface area contributed by atoms with E-state index in [-0.39, 0.29) is 0 Å². The zero-order valence-corrected chi connectivity index (χ0v) is 11.4.